The Bertz CT molecular complexity index is 308. The van der Waals surface area contributed by atoms with Crippen molar-refractivity contribution in [2.75, 3.05) is 0 Å². The fraction of sp³-hybridized carbons (Fsp3) is 0.556. The Morgan fingerprint density at radius 2 is 1.93 bits per heavy atom. The molecular formula is C9H12N2O3. The number of hydrogen-bond acceptors (Lipinski definition) is 3. The summed E-state index contributed by atoms with van der Waals surface area (Å²) < 4.78 is 0. The highest BCUT2D eigenvalue weighted by Gasteiger charge is 2.01. The van der Waals surface area contributed by atoms with Crippen LogP contribution in [0.4, 0.5) is 0 Å². The van der Waals surface area contributed by atoms with Crippen molar-refractivity contribution in [3.8, 4) is 0 Å². The van der Waals surface area contributed by atoms with Crippen molar-refractivity contribution in [1.29, 1.82) is 0 Å². The number of carboxylic acids is 1. The van der Waals surface area contributed by atoms with E-state index in [9.17, 15) is 9.59 Å². The van der Waals surface area contributed by atoms with Crippen LogP contribution in [-0.2, 0) is 9.59 Å². The van der Waals surface area contributed by atoms with Gasteiger partial charge in [-0.05, 0) is 13.8 Å². The number of carbonyl (C=O) groups is 2. The Morgan fingerprint density at radius 3 is 2.43 bits per heavy atom. The zero-order chi connectivity index (χ0) is 11.0. The summed E-state index contributed by atoms with van der Waals surface area (Å²) >= 11 is 0. The third kappa shape index (κ3) is 8.40. The fourth-order valence-corrected chi connectivity index (χ4v) is 0.515. The first-order valence-electron chi connectivity index (χ1n) is 4.17. The van der Waals surface area contributed by atoms with Gasteiger partial charge in [-0.25, -0.2) is 4.99 Å². The lowest BCUT2D eigenvalue weighted by atomic mass is 10.3. The molecular weight excluding hydrogens is 184 g/mol. The minimum atomic E-state index is -1.02. The highest BCUT2D eigenvalue weighted by molar-refractivity contribution is 5.96. The standard InChI is InChI=1S/C9H12N2O3/c1-7(2)10-5-6-11-8(12)3-4-9(13)14/h7H,3-4H2,1-2H3,(H,13,14). The van der Waals surface area contributed by atoms with E-state index in [2.05, 4.69) is 21.7 Å². The van der Waals surface area contributed by atoms with Crippen LogP contribution >= 0.6 is 0 Å². The van der Waals surface area contributed by atoms with Crippen LogP contribution in [-0.4, -0.2) is 34.8 Å². The maximum absolute atomic E-state index is 10.8. The number of nitrogens with zero attached hydrogens (tertiary/aromatic N) is 2. The van der Waals surface area contributed by atoms with Crippen LogP contribution in [0.1, 0.15) is 26.7 Å². The van der Waals surface area contributed by atoms with Crippen molar-refractivity contribution < 1.29 is 14.7 Å². The van der Waals surface area contributed by atoms with Crippen LogP contribution in [0.25, 0.3) is 0 Å². The zero-order valence-corrected chi connectivity index (χ0v) is 8.15. The molecule has 0 saturated carbocycles. The molecule has 0 heterocycles. The topological polar surface area (TPSA) is 79.1 Å². The van der Waals surface area contributed by atoms with E-state index in [1.165, 1.54) is 0 Å². The lowest BCUT2D eigenvalue weighted by molar-refractivity contribution is -0.138. The Kier molecular flexibility index (Phi) is 5.95. The number of amides is 1. The van der Waals surface area contributed by atoms with Crippen molar-refractivity contribution in [1.82, 2.24) is 0 Å². The van der Waals surface area contributed by atoms with Crippen LogP contribution in [0.15, 0.2) is 9.98 Å². The fourth-order valence-electron chi connectivity index (χ4n) is 0.515. The first kappa shape index (κ1) is 12.3. The minimum absolute atomic E-state index is 0.0758. The highest BCUT2D eigenvalue weighted by atomic mass is 16.4. The van der Waals surface area contributed by atoms with Gasteiger partial charge in [0, 0.05) is 6.42 Å². The van der Waals surface area contributed by atoms with Gasteiger partial charge in [0.15, 0.2) is 0 Å². The predicted molar refractivity (Wildman–Crippen MR) is 51.9 cm³/mol. The quantitative estimate of drug-likeness (QED) is 0.671. The van der Waals surface area contributed by atoms with Crippen molar-refractivity contribution in [3.05, 3.63) is 0 Å². The number of hydrogen-bond donors (Lipinski definition) is 1. The van der Waals surface area contributed by atoms with Crippen LogP contribution < -0.4 is 0 Å². The predicted octanol–water partition coefficient (Wildman–Crippen LogP) is 0.682. The molecule has 0 aliphatic heterocycles. The van der Waals surface area contributed by atoms with Crippen LogP contribution in [0.2, 0.25) is 0 Å². The van der Waals surface area contributed by atoms with Crippen LogP contribution in [0, 0.1) is 0 Å². The molecule has 76 valence electrons. The summed E-state index contributed by atoms with van der Waals surface area (Å²) in [6.07, 6.45) is -0.336. The normalized spacial score (nSPS) is 8.79. The number of carboxylic acid groups (broad SMARTS) is 1. The molecule has 0 aromatic heterocycles. The maximum Gasteiger partial charge on any atom is 0.303 e. The second-order valence-corrected chi connectivity index (χ2v) is 2.85. The molecule has 5 heteroatoms. The molecule has 0 aliphatic rings. The molecule has 0 rings (SSSR count). The van der Waals surface area contributed by atoms with Gasteiger partial charge in [0.05, 0.1) is 24.2 Å². The van der Waals surface area contributed by atoms with E-state index in [1.807, 2.05) is 13.8 Å². The molecule has 0 radical (unpaired) electrons. The average molecular weight is 196 g/mol. The van der Waals surface area contributed by atoms with Crippen molar-refractivity contribution >= 4 is 23.6 Å². The zero-order valence-electron chi connectivity index (χ0n) is 8.15. The molecule has 1 N–H and O–H groups in total. The van der Waals surface area contributed by atoms with Gasteiger partial charge in [-0.3, -0.25) is 9.59 Å². The molecule has 0 bridgehead atoms. The number of rotatable bonds is 4. The van der Waals surface area contributed by atoms with Gasteiger partial charge in [-0.2, -0.15) is 4.99 Å². The summed E-state index contributed by atoms with van der Waals surface area (Å²) in [5.41, 5.74) is 0. The van der Waals surface area contributed by atoms with Gasteiger partial charge < -0.3 is 5.11 Å². The number of carbonyl (C=O) groups excluding carboxylic acids is 1. The van der Waals surface area contributed by atoms with E-state index >= 15 is 0 Å². The monoisotopic (exact) mass is 196 g/mol. The number of aliphatic imine (C=N–C) groups is 2. The molecule has 0 fully saturated rings. The third-order valence-corrected chi connectivity index (χ3v) is 1.11. The van der Waals surface area contributed by atoms with E-state index < -0.39 is 11.9 Å². The smallest absolute Gasteiger partial charge is 0.303 e. The minimum Gasteiger partial charge on any atom is -0.481 e. The molecule has 5 nitrogen and oxygen atoms in total. The lowest BCUT2D eigenvalue weighted by Crippen LogP contribution is -2.00. The van der Waals surface area contributed by atoms with E-state index in [0.717, 1.165) is 0 Å². The first-order chi connectivity index (χ1) is 6.52. The second-order valence-electron chi connectivity index (χ2n) is 2.85. The Hall–Kier alpha value is -1.70. The molecule has 0 unspecified atom stereocenters. The molecule has 0 atom stereocenters. The largest absolute Gasteiger partial charge is 0.481 e. The Balaban J connectivity index is 4.06. The number of aliphatic carboxylic acids is 1. The van der Waals surface area contributed by atoms with Gasteiger partial charge in [0.1, 0.15) is 0 Å². The molecule has 1 amide bonds. The summed E-state index contributed by atoms with van der Waals surface area (Å²) in [5, 5.41) is 8.26. The molecule has 0 aromatic rings. The molecule has 0 spiro atoms. The lowest BCUT2D eigenvalue weighted by Gasteiger charge is -1.87. The first-order valence-corrected chi connectivity index (χ1v) is 4.17. The van der Waals surface area contributed by atoms with Gasteiger partial charge in [0.25, 0.3) is 5.91 Å². The average Bonchev–Trinajstić information content (AvgIpc) is 2.08. The highest BCUT2D eigenvalue weighted by Crippen LogP contribution is 1.90. The third-order valence-electron chi connectivity index (χ3n) is 1.11. The van der Waals surface area contributed by atoms with E-state index in [0.29, 0.717) is 0 Å². The summed E-state index contributed by atoms with van der Waals surface area (Å²) in [5.74, 6) is 3.00. The van der Waals surface area contributed by atoms with Crippen molar-refractivity contribution in [2.24, 2.45) is 9.98 Å². The van der Waals surface area contributed by atoms with Crippen LogP contribution in [0.5, 0.6) is 0 Å². The van der Waals surface area contributed by atoms with E-state index in [-0.39, 0.29) is 18.9 Å². The summed E-state index contributed by atoms with van der Waals surface area (Å²) in [6, 6.07) is 0.0758. The van der Waals surface area contributed by atoms with Gasteiger partial charge in [-0.15, -0.1) is 0 Å². The van der Waals surface area contributed by atoms with Gasteiger partial charge in [-0.1, -0.05) is 0 Å². The van der Waals surface area contributed by atoms with Crippen LogP contribution in [0.3, 0.4) is 0 Å². The van der Waals surface area contributed by atoms with Crippen molar-refractivity contribution in [3.63, 3.8) is 0 Å². The maximum atomic E-state index is 10.8. The second kappa shape index (κ2) is 6.78. The molecule has 0 aliphatic carbocycles. The molecule has 0 aromatic carbocycles. The Labute approximate surface area is 81.9 Å². The summed E-state index contributed by atoms with van der Waals surface area (Å²) in [6.45, 7) is 3.70. The summed E-state index contributed by atoms with van der Waals surface area (Å²) in [4.78, 5) is 28.0. The van der Waals surface area contributed by atoms with E-state index in [1.54, 1.807) is 0 Å². The summed E-state index contributed by atoms with van der Waals surface area (Å²) in [7, 11) is 0. The molecule has 0 saturated heterocycles. The van der Waals surface area contributed by atoms with Crippen molar-refractivity contribution in [2.45, 2.75) is 32.7 Å². The van der Waals surface area contributed by atoms with Gasteiger partial charge >= 0.3 is 5.97 Å². The Morgan fingerprint density at radius 1 is 1.29 bits per heavy atom. The molecule has 14 heavy (non-hydrogen) atoms. The van der Waals surface area contributed by atoms with Gasteiger partial charge in [0.2, 0.25) is 0 Å². The van der Waals surface area contributed by atoms with E-state index in [4.69, 9.17) is 5.11 Å². The SMILES string of the molecule is CC(C)N=C=C=NC(=O)CCC(=O)O.